The zero-order valence-corrected chi connectivity index (χ0v) is 12.2. The lowest BCUT2D eigenvalue weighted by Crippen LogP contribution is -2.35. The monoisotopic (exact) mass is 257 g/mol. The molecule has 0 amide bonds. The molecule has 0 saturated heterocycles. The van der Waals surface area contributed by atoms with Crippen LogP contribution in [0.15, 0.2) is 10.7 Å². The van der Waals surface area contributed by atoms with Gasteiger partial charge >= 0.3 is 0 Å². The highest BCUT2D eigenvalue weighted by Crippen LogP contribution is 2.13. The van der Waals surface area contributed by atoms with Gasteiger partial charge in [0.05, 0.1) is 5.69 Å². The van der Waals surface area contributed by atoms with E-state index in [-0.39, 0.29) is 5.54 Å². The minimum absolute atomic E-state index is 0.101. The number of hydrogen-bond acceptors (Lipinski definition) is 5. The molecule has 0 radical (unpaired) electrons. The van der Waals surface area contributed by atoms with E-state index in [0.29, 0.717) is 6.01 Å². The van der Waals surface area contributed by atoms with Crippen LogP contribution in [0.4, 0.5) is 6.01 Å². The summed E-state index contributed by atoms with van der Waals surface area (Å²) in [4.78, 5) is 6.49. The first-order valence-electron chi connectivity index (χ1n) is 5.82. The van der Waals surface area contributed by atoms with E-state index < -0.39 is 0 Å². The van der Waals surface area contributed by atoms with Crippen molar-refractivity contribution in [2.45, 2.75) is 32.9 Å². The van der Waals surface area contributed by atoms with Crippen LogP contribution in [0.1, 0.15) is 26.5 Å². The maximum atomic E-state index is 5.45. The summed E-state index contributed by atoms with van der Waals surface area (Å²) in [6, 6.07) is 0.699. The summed E-state index contributed by atoms with van der Waals surface area (Å²) in [7, 11) is 2.00. The van der Waals surface area contributed by atoms with Crippen LogP contribution < -0.4 is 10.2 Å². The third-order valence-corrected chi connectivity index (χ3v) is 2.89. The molecular weight excluding hydrogens is 234 g/mol. The van der Waals surface area contributed by atoms with E-state index in [0.717, 1.165) is 24.5 Å². The topological polar surface area (TPSA) is 41.3 Å². The van der Waals surface area contributed by atoms with E-state index in [1.165, 1.54) is 0 Å². The number of hydrogen-bond donors (Lipinski definition) is 1. The summed E-state index contributed by atoms with van der Waals surface area (Å²) in [5.41, 5.74) is 1.05. The number of nitrogens with zero attached hydrogens (tertiary/aromatic N) is 2. The SMILES string of the molecule is CSCCN(C)c1nc(CNC(C)(C)C)co1. The van der Waals surface area contributed by atoms with Crippen molar-refractivity contribution >= 4 is 17.8 Å². The maximum Gasteiger partial charge on any atom is 0.297 e. The second kappa shape index (κ2) is 6.31. The summed E-state index contributed by atoms with van der Waals surface area (Å²) < 4.78 is 5.45. The van der Waals surface area contributed by atoms with Crippen LogP contribution in [0.3, 0.4) is 0 Å². The molecule has 0 aliphatic rings. The molecule has 0 spiro atoms. The first-order valence-corrected chi connectivity index (χ1v) is 7.21. The molecule has 0 aliphatic heterocycles. The second-order valence-corrected chi connectivity index (χ2v) is 6.12. The first-order chi connectivity index (χ1) is 7.92. The van der Waals surface area contributed by atoms with Gasteiger partial charge in [-0.05, 0) is 27.0 Å². The van der Waals surface area contributed by atoms with Crippen molar-refractivity contribution < 1.29 is 4.42 Å². The van der Waals surface area contributed by atoms with Crippen molar-refractivity contribution in [1.29, 1.82) is 0 Å². The number of aromatic nitrogens is 1. The molecule has 0 bridgehead atoms. The van der Waals surface area contributed by atoms with Crippen LogP contribution in [0, 0.1) is 0 Å². The van der Waals surface area contributed by atoms with E-state index in [1.807, 2.05) is 23.7 Å². The number of anilines is 1. The lowest BCUT2D eigenvalue weighted by molar-refractivity contribution is 0.421. The van der Waals surface area contributed by atoms with Crippen LogP contribution in [-0.2, 0) is 6.54 Å². The number of thioether (sulfide) groups is 1. The molecular formula is C12H23N3OS. The van der Waals surface area contributed by atoms with Crippen LogP contribution in [0.2, 0.25) is 0 Å². The molecule has 1 rings (SSSR count). The zero-order valence-electron chi connectivity index (χ0n) is 11.4. The van der Waals surface area contributed by atoms with Gasteiger partial charge in [-0.2, -0.15) is 16.7 Å². The lowest BCUT2D eigenvalue weighted by Gasteiger charge is -2.19. The molecule has 0 fully saturated rings. The van der Waals surface area contributed by atoms with Crippen LogP contribution >= 0.6 is 11.8 Å². The van der Waals surface area contributed by atoms with E-state index in [4.69, 9.17) is 4.42 Å². The summed E-state index contributed by atoms with van der Waals surface area (Å²) in [5.74, 6) is 1.08. The highest BCUT2D eigenvalue weighted by molar-refractivity contribution is 7.98. The summed E-state index contributed by atoms with van der Waals surface area (Å²) in [6.45, 7) is 8.10. The van der Waals surface area contributed by atoms with E-state index in [2.05, 4.69) is 37.3 Å². The first kappa shape index (κ1) is 14.4. The van der Waals surface area contributed by atoms with Crippen molar-refractivity contribution in [3.63, 3.8) is 0 Å². The fraction of sp³-hybridized carbons (Fsp3) is 0.750. The van der Waals surface area contributed by atoms with Gasteiger partial charge in [0.15, 0.2) is 0 Å². The van der Waals surface area contributed by atoms with Gasteiger partial charge in [-0.1, -0.05) is 0 Å². The van der Waals surface area contributed by atoms with Gasteiger partial charge in [-0.25, -0.2) is 0 Å². The molecule has 1 heterocycles. The Balaban J connectivity index is 2.47. The molecule has 4 nitrogen and oxygen atoms in total. The summed E-state index contributed by atoms with van der Waals surface area (Å²) in [5, 5.41) is 3.39. The van der Waals surface area contributed by atoms with Crippen molar-refractivity contribution in [2.75, 3.05) is 30.5 Å². The fourth-order valence-electron chi connectivity index (χ4n) is 1.23. The third-order valence-electron chi connectivity index (χ3n) is 2.30. The minimum atomic E-state index is 0.101. The Labute approximate surface area is 108 Å². The molecule has 0 aliphatic carbocycles. The molecule has 5 heteroatoms. The number of oxazole rings is 1. The Hall–Kier alpha value is -0.680. The molecule has 1 N–H and O–H groups in total. The van der Waals surface area contributed by atoms with Gasteiger partial charge in [-0.15, -0.1) is 0 Å². The maximum absolute atomic E-state index is 5.45. The standard InChI is InChI=1S/C12H23N3OS/c1-12(2,3)13-8-10-9-16-11(14-10)15(4)6-7-17-5/h9,13H,6-8H2,1-5H3. The molecule has 17 heavy (non-hydrogen) atoms. The normalized spacial score (nSPS) is 11.8. The Morgan fingerprint density at radius 1 is 1.47 bits per heavy atom. The number of nitrogens with one attached hydrogen (secondary N) is 1. The largest absolute Gasteiger partial charge is 0.432 e. The third kappa shape index (κ3) is 5.46. The van der Waals surface area contributed by atoms with Crippen molar-refractivity contribution in [1.82, 2.24) is 10.3 Å². The highest BCUT2D eigenvalue weighted by Gasteiger charge is 2.12. The van der Waals surface area contributed by atoms with Crippen LogP contribution in [-0.4, -0.2) is 36.1 Å². The molecule has 0 unspecified atom stereocenters. The van der Waals surface area contributed by atoms with Gasteiger partial charge in [0, 0.05) is 31.4 Å². The molecule has 98 valence electrons. The lowest BCUT2D eigenvalue weighted by atomic mass is 10.1. The molecule has 0 saturated carbocycles. The fourth-order valence-corrected chi connectivity index (χ4v) is 1.69. The van der Waals surface area contributed by atoms with E-state index in [9.17, 15) is 0 Å². The average molecular weight is 257 g/mol. The average Bonchev–Trinajstić information content (AvgIpc) is 2.70. The highest BCUT2D eigenvalue weighted by atomic mass is 32.2. The Kier molecular flexibility index (Phi) is 5.33. The second-order valence-electron chi connectivity index (χ2n) is 5.14. The van der Waals surface area contributed by atoms with Crippen molar-refractivity contribution in [3.05, 3.63) is 12.0 Å². The Morgan fingerprint density at radius 2 is 2.18 bits per heavy atom. The van der Waals surface area contributed by atoms with Crippen LogP contribution in [0.25, 0.3) is 0 Å². The summed E-state index contributed by atoms with van der Waals surface area (Å²) in [6.07, 6.45) is 3.83. The van der Waals surface area contributed by atoms with E-state index >= 15 is 0 Å². The van der Waals surface area contributed by atoms with Gasteiger partial charge in [0.2, 0.25) is 0 Å². The Morgan fingerprint density at radius 3 is 2.76 bits per heavy atom. The van der Waals surface area contributed by atoms with E-state index in [1.54, 1.807) is 6.26 Å². The Bertz CT molecular complexity index is 333. The smallest absolute Gasteiger partial charge is 0.297 e. The van der Waals surface area contributed by atoms with Crippen LogP contribution in [0.5, 0.6) is 0 Å². The van der Waals surface area contributed by atoms with Gasteiger partial charge in [0.1, 0.15) is 6.26 Å². The predicted molar refractivity (Wildman–Crippen MR) is 74.7 cm³/mol. The summed E-state index contributed by atoms with van der Waals surface area (Å²) >= 11 is 1.82. The predicted octanol–water partition coefficient (Wildman–Crippen LogP) is 2.36. The quantitative estimate of drug-likeness (QED) is 0.847. The molecule has 0 atom stereocenters. The molecule has 1 aromatic rings. The minimum Gasteiger partial charge on any atom is -0.432 e. The van der Waals surface area contributed by atoms with Crippen molar-refractivity contribution in [3.8, 4) is 0 Å². The number of rotatable bonds is 6. The molecule has 1 aromatic heterocycles. The molecule has 0 aromatic carbocycles. The van der Waals surface area contributed by atoms with Crippen molar-refractivity contribution in [2.24, 2.45) is 0 Å². The van der Waals surface area contributed by atoms with Gasteiger partial charge in [0.25, 0.3) is 6.01 Å². The van der Waals surface area contributed by atoms with Gasteiger partial charge in [-0.3, -0.25) is 0 Å². The van der Waals surface area contributed by atoms with Gasteiger partial charge < -0.3 is 14.6 Å². The zero-order chi connectivity index (χ0) is 12.9.